The molecular weight excluding hydrogens is 789 g/mol. The highest BCUT2D eigenvalue weighted by molar-refractivity contribution is 7.80. The molecule has 0 amide bonds. The van der Waals surface area contributed by atoms with Gasteiger partial charge in [-0.2, -0.15) is 0 Å². The van der Waals surface area contributed by atoms with Crippen molar-refractivity contribution >= 4 is 25.7 Å². The predicted octanol–water partition coefficient (Wildman–Crippen LogP) is 6.55. The lowest BCUT2D eigenvalue weighted by molar-refractivity contribution is -0.288. The fourth-order valence-corrected chi connectivity index (χ4v) is 8.29. The van der Waals surface area contributed by atoms with Gasteiger partial charge in [0.1, 0.15) is 42.7 Å². The third-order valence-corrected chi connectivity index (χ3v) is 15.8. The number of aryl methyl sites for hydroxylation is 1. The predicted molar refractivity (Wildman–Crippen MR) is 229 cm³/mol. The highest BCUT2D eigenvalue weighted by Gasteiger charge is 2.63. The Morgan fingerprint density at radius 3 is 2.08 bits per heavy atom. The Bertz CT molecular complexity index is 2320. The van der Waals surface area contributed by atoms with Crippen molar-refractivity contribution in [1.82, 2.24) is 19.1 Å². The number of rotatable bonds is 14. The van der Waals surface area contributed by atoms with Gasteiger partial charge < -0.3 is 32.8 Å². The topological polar surface area (TPSA) is 137 Å². The largest absolute Gasteiger partial charge is 0.497 e. The molecule has 1 N–H and O–H groups in total. The Morgan fingerprint density at radius 2 is 1.56 bits per heavy atom. The van der Waals surface area contributed by atoms with E-state index in [0.29, 0.717) is 11.5 Å². The SMILES string of the molecule is C#CCO[C@]1(COC(c2ccccc2)(c2ccc(OC)cc2)c2ccc(OC)cc2)O[C@@H](n2cc(C)c(=O)[nH]c2=O)[C@H](OC(=S)n2ccnc2)[C@@H]1O[Si](C)(C)C(C)(C)C. The number of imidazole rings is 1. The van der Waals surface area contributed by atoms with Crippen LogP contribution in [0.5, 0.6) is 11.5 Å². The van der Waals surface area contributed by atoms with Crippen LogP contribution in [0.4, 0.5) is 0 Å². The summed E-state index contributed by atoms with van der Waals surface area (Å²) in [5.41, 5.74) is -0.0909. The second-order valence-electron chi connectivity index (χ2n) is 15.7. The molecule has 1 fully saturated rings. The fraction of sp³-hybridized carbons (Fsp3) is 0.364. The Hall–Kier alpha value is -5.34. The maximum Gasteiger partial charge on any atom is 0.330 e. The molecule has 5 aromatic rings. The molecule has 6 rings (SSSR count). The van der Waals surface area contributed by atoms with E-state index in [9.17, 15) is 9.59 Å². The monoisotopic (exact) mass is 838 g/mol. The molecule has 15 heteroatoms. The minimum Gasteiger partial charge on any atom is -0.497 e. The van der Waals surface area contributed by atoms with Crippen LogP contribution in [-0.4, -0.2) is 78.0 Å². The van der Waals surface area contributed by atoms with E-state index in [0.717, 1.165) is 16.7 Å². The van der Waals surface area contributed by atoms with Crippen LogP contribution in [0.2, 0.25) is 18.1 Å². The van der Waals surface area contributed by atoms with Crippen LogP contribution < -0.4 is 20.7 Å². The molecule has 2 aromatic heterocycles. The molecule has 0 aliphatic carbocycles. The number of terminal acetylenes is 1. The summed E-state index contributed by atoms with van der Waals surface area (Å²) in [4.78, 5) is 33.0. The van der Waals surface area contributed by atoms with Crippen LogP contribution in [0.25, 0.3) is 0 Å². The first-order valence-corrected chi connectivity index (χ1v) is 22.3. The summed E-state index contributed by atoms with van der Waals surface area (Å²) in [6.45, 7) is 11.5. The standard InChI is InChI=1S/C44H50N4O9SSi/c1-10-26-53-43(28-54-44(31-14-12-11-13-15-31,32-16-20-34(51-6)21-17-32)33-18-22-35(52-7)23-19-33)37(57-59(8,9)42(3,4)5)36(55-41(58)47-25-24-45-29-47)39(56-43)48-27-30(2)38(49)46-40(48)50/h1,11-25,27,29,36-37,39H,26,28H2,2-9H3,(H,46,49,50)/t36-,37+,39-,43-/m1/s1. The minimum atomic E-state index is -2.79. The molecule has 0 saturated carbocycles. The van der Waals surface area contributed by atoms with E-state index in [1.807, 2.05) is 78.9 Å². The fourth-order valence-electron chi connectivity index (χ4n) is 6.76. The van der Waals surface area contributed by atoms with E-state index in [4.69, 9.17) is 51.5 Å². The van der Waals surface area contributed by atoms with Crippen molar-refractivity contribution < 1.29 is 32.8 Å². The number of thiocarbonyl (C=S) groups is 1. The van der Waals surface area contributed by atoms with Crippen LogP contribution in [0.1, 0.15) is 49.3 Å². The Balaban J connectivity index is 1.61. The average molecular weight is 839 g/mol. The van der Waals surface area contributed by atoms with Gasteiger partial charge in [0.05, 0.1) is 14.2 Å². The van der Waals surface area contributed by atoms with E-state index in [2.05, 4.69) is 49.8 Å². The van der Waals surface area contributed by atoms with Gasteiger partial charge in [-0.1, -0.05) is 81.3 Å². The van der Waals surface area contributed by atoms with Crippen LogP contribution >= 0.6 is 12.2 Å². The summed E-state index contributed by atoms with van der Waals surface area (Å²) < 4.78 is 49.0. The Morgan fingerprint density at radius 1 is 0.966 bits per heavy atom. The zero-order valence-electron chi connectivity index (χ0n) is 34.5. The summed E-state index contributed by atoms with van der Waals surface area (Å²) in [5.74, 6) is 2.02. The molecule has 59 heavy (non-hydrogen) atoms. The highest BCUT2D eigenvalue weighted by Crippen LogP contribution is 2.49. The lowest BCUT2D eigenvalue weighted by Crippen LogP contribution is -2.58. The van der Waals surface area contributed by atoms with E-state index >= 15 is 0 Å². The molecule has 310 valence electrons. The smallest absolute Gasteiger partial charge is 0.330 e. The van der Waals surface area contributed by atoms with E-state index < -0.39 is 49.4 Å². The van der Waals surface area contributed by atoms with Crippen LogP contribution in [0.15, 0.2) is 113 Å². The van der Waals surface area contributed by atoms with Crippen molar-refractivity contribution in [3.05, 3.63) is 147 Å². The first kappa shape index (κ1) is 43.2. The molecule has 13 nitrogen and oxygen atoms in total. The number of hydrogen-bond donors (Lipinski definition) is 1. The maximum atomic E-state index is 13.8. The normalized spacial score (nSPS) is 19.5. The second kappa shape index (κ2) is 17.5. The average Bonchev–Trinajstić information content (AvgIpc) is 3.87. The summed E-state index contributed by atoms with van der Waals surface area (Å²) in [7, 11) is 0.420. The number of nitrogens with zero attached hydrogens (tertiary/aromatic N) is 3. The van der Waals surface area contributed by atoms with Crippen LogP contribution in [0.3, 0.4) is 0 Å². The number of nitrogens with one attached hydrogen (secondary N) is 1. The molecular formula is C44H50N4O9SSi. The molecule has 0 spiro atoms. The van der Waals surface area contributed by atoms with E-state index in [1.54, 1.807) is 33.5 Å². The van der Waals surface area contributed by atoms with Gasteiger partial charge in [0.15, 0.2) is 20.6 Å². The van der Waals surface area contributed by atoms with Gasteiger partial charge in [0.2, 0.25) is 5.79 Å². The summed E-state index contributed by atoms with van der Waals surface area (Å²) in [6.07, 6.45) is 8.43. The molecule has 1 saturated heterocycles. The van der Waals surface area contributed by atoms with E-state index in [1.165, 1.54) is 21.7 Å². The summed E-state index contributed by atoms with van der Waals surface area (Å²) in [5, 5.41) is -0.326. The molecule has 4 atom stereocenters. The maximum absolute atomic E-state index is 13.8. The van der Waals surface area contributed by atoms with Crippen molar-refractivity contribution in [2.24, 2.45) is 0 Å². The molecule has 1 aliphatic heterocycles. The Labute approximate surface area is 350 Å². The van der Waals surface area contributed by atoms with Gasteiger partial charge in [-0.15, -0.1) is 6.42 Å². The highest BCUT2D eigenvalue weighted by atomic mass is 32.1. The summed E-state index contributed by atoms with van der Waals surface area (Å²) in [6, 6.07) is 24.9. The van der Waals surface area contributed by atoms with Crippen LogP contribution in [0, 0.1) is 19.3 Å². The molecule has 0 bridgehead atoms. The lowest BCUT2D eigenvalue weighted by atomic mass is 9.80. The van der Waals surface area contributed by atoms with Gasteiger partial charge >= 0.3 is 5.69 Å². The van der Waals surface area contributed by atoms with Crippen molar-refractivity contribution in [3.8, 4) is 23.8 Å². The zero-order valence-corrected chi connectivity index (χ0v) is 36.3. The molecule has 0 unspecified atom stereocenters. The zero-order chi connectivity index (χ0) is 42.6. The first-order valence-electron chi connectivity index (χ1n) is 19.0. The van der Waals surface area contributed by atoms with Crippen molar-refractivity contribution in [2.45, 2.75) is 75.7 Å². The molecule has 0 radical (unpaired) electrons. The van der Waals surface area contributed by atoms with Gasteiger partial charge in [0, 0.05) is 24.2 Å². The number of ether oxygens (including phenoxy) is 6. The van der Waals surface area contributed by atoms with Crippen molar-refractivity contribution in [3.63, 3.8) is 0 Å². The first-order chi connectivity index (χ1) is 28.1. The second-order valence-corrected chi connectivity index (χ2v) is 20.8. The molecule has 3 heterocycles. The molecule has 1 aliphatic rings. The van der Waals surface area contributed by atoms with Gasteiger partial charge in [-0.05, 0) is 78.2 Å². The molecule has 3 aromatic carbocycles. The van der Waals surface area contributed by atoms with Gasteiger partial charge in [-0.3, -0.25) is 18.9 Å². The van der Waals surface area contributed by atoms with Crippen LogP contribution in [-0.2, 0) is 29.0 Å². The quantitative estimate of drug-likeness (QED) is 0.0565. The summed E-state index contributed by atoms with van der Waals surface area (Å²) >= 11 is 5.81. The van der Waals surface area contributed by atoms with Gasteiger partial charge in [0.25, 0.3) is 10.7 Å². The lowest BCUT2D eigenvalue weighted by Gasteiger charge is -2.45. The number of H-pyrrole nitrogens is 1. The van der Waals surface area contributed by atoms with E-state index in [-0.39, 0.29) is 29.0 Å². The minimum absolute atomic E-state index is 0.00268. The number of aromatic nitrogens is 4. The number of methoxy groups -OCH3 is 2. The van der Waals surface area contributed by atoms with Crippen molar-refractivity contribution in [1.29, 1.82) is 0 Å². The van der Waals surface area contributed by atoms with Gasteiger partial charge in [-0.25, -0.2) is 9.78 Å². The Kier molecular flexibility index (Phi) is 12.8. The van der Waals surface area contributed by atoms with Crippen molar-refractivity contribution in [2.75, 3.05) is 27.4 Å². The third-order valence-electron chi connectivity index (χ3n) is 11.0. The number of benzene rings is 3. The third kappa shape index (κ3) is 8.70. The number of aromatic amines is 1. The number of hydrogen-bond acceptors (Lipinski definition) is 11.